The average molecular weight is 438 g/mol. The zero-order valence-corrected chi connectivity index (χ0v) is 17.6. The van der Waals surface area contributed by atoms with E-state index in [4.69, 9.17) is 4.74 Å². The van der Waals surface area contributed by atoms with Gasteiger partial charge in [-0.25, -0.2) is 25.3 Å². The number of sulfone groups is 2. The van der Waals surface area contributed by atoms with E-state index in [2.05, 4.69) is 0 Å². The number of rotatable bonds is 5. The Balaban J connectivity index is 2.11. The summed E-state index contributed by atoms with van der Waals surface area (Å²) in [5.74, 6) is -0.650. The van der Waals surface area contributed by atoms with Crippen molar-refractivity contribution in [3.05, 3.63) is 23.8 Å². The van der Waals surface area contributed by atoms with E-state index in [-0.39, 0.29) is 46.5 Å². The van der Waals surface area contributed by atoms with Crippen LogP contribution in [-0.2, 0) is 29.7 Å². The molecule has 2 heterocycles. The smallest absolute Gasteiger partial charge is 0.247 e. The van der Waals surface area contributed by atoms with Gasteiger partial charge in [0.25, 0.3) is 0 Å². The Morgan fingerprint density at radius 1 is 1.00 bits per heavy atom. The molecule has 0 unspecified atom stereocenters. The lowest BCUT2D eigenvalue weighted by molar-refractivity contribution is 0.279. The second-order valence-electron chi connectivity index (χ2n) is 7.10. The highest BCUT2D eigenvalue weighted by molar-refractivity contribution is 7.92. The number of ether oxygens (including phenoxy) is 1. The summed E-state index contributed by atoms with van der Waals surface area (Å²) in [4.78, 5) is -0.0707. The summed E-state index contributed by atoms with van der Waals surface area (Å²) >= 11 is 0. The van der Waals surface area contributed by atoms with E-state index in [0.29, 0.717) is 5.56 Å². The number of nitrogens with zero attached hydrogens (tertiary/aromatic N) is 1. The van der Waals surface area contributed by atoms with E-state index < -0.39 is 41.8 Å². The van der Waals surface area contributed by atoms with Gasteiger partial charge in [-0.05, 0) is 37.5 Å². The molecule has 2 saturated heterocycles. The Kier molecular flexibility index (Phi) is 5.34. The number of methoxy groups -OCH3 is 1. The van der Waals surface area contributed by atoms with E-state index in [1.807, 2.05) is 0 Å². The van der Waals surface area contributed by atoms with Crippen LogP contribution < -0.4 is 4.74 Å². The number of benzene rings is 1. The predicted octanol–water partition coefficient (Wildman–Crippen LogP) is 0.369. The van der Waals surface area contributed by atoms with Crippen molar-refractivity contribution in [3.8, 4) is 5.75 Å². The predicted molar refractivity (Wildman–Crippen MR) is 101 cm³/mol. The molecule has 3 rings (SSSR count). The second kappa shape index (κ2) is 7.02. The Morgan fingerprint density at radius 2 is 1.52 bits per heavy atom. The molecule has 0 saturated carbocycles. The van der Waals surface area contributed by atoms with Crippen LogP contribution in [0.1, 0.15) is 18.4 Å². The number of aryl methyl sites for hydroxylation is 1. The fourth-order valence-electron chi connectivity index (χ4n) is 3.74. The molecule has 2 aliphatic heterocycles. The lowest BCUT2D eigenvalue weighted by Crippen LogP contribution is -2.48. The molecule has 0 aromatic heterocycles. The van der Waals surface area contributed by atoms with Crippen molar-refractivity contribution in [3.63, 3.8) is 0 Å². The molecule has 0 N–H and O–H groups in total. The molecule has 2 aliphatic rings. The van der Waals surface area contributed by atoms with Gasteiger partial charge in [-0.3, -0.25) is 0 Å². The van der Waals surface area contributed by atoms with Crippen molar-refractivity contribution < 1.29 is 30.0 Å². The first-order valence-electron chi connectivity index (χ1n) is 8.54. The SMILES string of the molecule is COc1ccc(C)cc1S(=O)(=O)N([C@H]1CCS(=O)(=O)C1)[C@H]1CCS(=O)(=O)C1. The molecule has 1 aromatic carbocycles. The van der Waals surface area contributed by atoms with Crippen LogP contribution in [0, 0.1) is 6.92 Å². The summed E-state index contributed by atoms with van der Waals surface area (Å²) in [6.45, 7) is 1.74. The Morgan fingerprint density at radius 3 is 1.93 bits per heavy atom. The zero-order valence-electron chi connectivity index (χ0n) is 15.2. The first-order valence-corrected chi connectivity index (χ1v) is 13.6. The van der Waals surface area contributed by atoms with Crippen molar-refractivity contribution in [2.24, 2.45) is 0 Å². The van der Waals surface area contributed by atoms with Crippen LogP contribution in [0.15, 0.2) is 23.1 Å². The highest BCUT2D eigenvalue weighted by Gasteiger charge is 2.46. The third kappa shape index (κ3) is 4.15. The quantitative estimate of drug-likeness (QED) is 0.653. The Bertz CT molecular complexity index is 1000. The van der Waals surface area contributed by atoms with Gasteiger partial charge >= 0.3 is 0 Å². The average Bonchev–Trinajstić information content (AvgIpc) is 3.09. The van der Waals surface area contributed by atoms with Crippen molar-refractivity contribution in [1.82, 2.24) is 4.31 Å². The van der Waals surface area contributed by atoms with E-state index in [9.17, 15) is 25.3 Å². The number of hydrogen-bond donors (Lipinski definition) is 0. The minimum absolute atomic E-state index is 0.0707. The van der Waals surface area contributed by atoms with Crippen LogP contribution in [0.25, 0.3) is 0 Å². The molecule has 152 valence electrons. The van der Waals surface area contributed by atoms with Crippen LogP contribution in [0.2, 0.25) is 0 Å². The maximum absolute atomic E-state index is 13.5. The molecule has 0 bridgehead atoms. The molecular weight excluding hydrogens is 414 g/mol. The van der Waals surface area contributed by atoms with Gasteiger partial charge in [0.1, 0.15) is 10.6 Å². The van der Waals surface area contributed by atoms with Crippen molar-refractivity contribution in [2.75, 3.05) is 30.1 Å². The summed E-state index contributed by atoms with van der Waals surface area (Å²) in [7, 11) is -9.50. The minimum atomic E-state index is -4.15. The first kappa shape index (κ1) is 20.6. The highest BCUT2D eigenvalue weighted by Crippen LogP contribution is 2.35. The lowest BCUT2D eigenvalue weighted by atomic mass is 10.2. The summed E-state index contributed by atoms with van der Waals surface area (Å²) in [5.41, 5.74) is 0.701. The maximum atomic E-state index is 13.5. The topological polar surface area (TPSA) is 115 Å². The molecule has 1 aromatic rings. The molecule has 11 heteroatoms. The third-order valence-electron chi connectivity index (χ3n) is 5.01. The largest absolute Gasteiger partial charge is 0.495 e. The van der Waals surface area contributed by atoms with E-state index in [1.54, 1.807) is 13.0 Å². The molecule has 0 spiro atoms. The summed E-state index contributed by atoms with van der Waals surface area (Å²) in [6, 6.07) is 3.17. The second-order valence-corrected chi connectivity index (χ2v) is 13.4. The summed E-state index contributed by atoms with van der Waals surface area (Å²) < 4.78 is 81.2. The monoisotopic (exact) mass is 437 g/mol. The summed E-state index contributed by atoms with van der Waals surface area (Å²) in [6.07, 6.45) is 0.318. The number of hydrogen-bond acceptors (Lipinski definition) is 7. The van der Waals surface area contributed by atoms with E-state index >= 15 is 0 Å². The Labute approximate surface area is 160 Å². The maximum Gasteiger partial charge on any atom is 0.247 e. The molecule has 0 aliphatic carbocycles. The molecule has 2 fully saturated rings. The minimum Gasteiger partial charge on any atom is -0.495 e. The zero-order chi connectivity index (χ0) is 20.0. The van der Waals surface area contributed by atoms with Gasteiger partial charge in [-0.2, -0.15) is 4.31 Å². The van der Waals surface area contributed by atoms with Crippen LogP contribution >= 0.6 is 0 Å². The lowest BCUT2D eigenvalue weighted by Gasteiger charge is -2.32. The van der Waals surface area contributed by atoms with Gasteiger partial charge in [0.15, 0.2) is 19.7 Å². The fraction of sp³-hybridized carbons (Fsp3) is 0.625. The molecule has 0 radical (unpaired) electrons. The first-order chi connectivity index (χ1) is 12.5. The van der Waals surface area contributed by atoms with Gasteiger partial charge in [-0.15, -0.1) is 0 Å². The van der Waals surface area contributed by atoms with Gasteiger partial charge < -0.3 is 4.74 Å². The third-order valence-corrected chi connectivity index (χ3v) is 10.5. The molecule has 27 heavy (non-hydrogen) atoms. The number of sulfonamides is 1. The molecular formula is C16H23NO7S3. The normalized spacial score (nSPS) is 27.1. The van der Waals surface area contributed by atoms with Crippen molar-refractivity contribution >= 4 is 29.7 Å². The summed E-state index contributed by atoms with van der Waals surface area (Å²) in [5, 5.41) is 0. The highest BCUT2D eigenvalue weighted by atomic mass is 32.2. The molecule has 8 nitrogen and oxygen atoms in total. The van der Waals surface area contributed by atoms with Gasteiger partial charge in [0.05, 0.1) is 30.1 Å². The van der Waals surface area contributed by atoms with Crippen LogP contribution in [0.5, 0.6) is 5.75 Å². The Hall–Kier alpha value is -1.17. The van der Waals surface area contributed by atoms with Crippen LogP contribution in [0.3, 0.4) is 0 Å². The van der Waals surface area contributed by atoms with Gasteiger partial charge in [0.2, 0.25) is 10.0 Å². The fourth-order valence-corrected chi connectivity index (χ4v) is 9.47. The van der Waals surface area contributed by atoms with Crippen LogP contribution in [-0.4, -0.2) is 71.8 Å². The van der Waals surface area contributed by atoms with Gasteiger partial charge in [0, 0.05) is 12.1 Å². The standard InChI is InChI=1S/C16H23NO7S3/c1-12-3-4-15(24-2)16(9-12)27(22,23)17(13-5-7-25(18,19)10-13)14-6-8-26(20,21)11-14/h3-4,9,13-14H,5-8,10-11H2,1-2H3/t13-,14-/m0/s1. The van der Waals surface area contributed by atoms with Gasteiger partial charge in [-0.1, -0.05) is 6.07 Å². The van der Waals surface area contributed by atoms with E-state index in [0.717, 1.165) is 4.31 Å². The van der Waals surface area contributed by atoms with Crippen molar-refractivity contribution in [1.29, 1.82) is 0 Å². The van der Waals surface area contributed by atoms with E-state index in [1.165, 1.54) is 19.2 Å². The van der Waals surface area contributed by atoms with Crippen LogP contribution in [0.4, 0.5) is 0 Å². The van der Waals surface area contributed by atoms with Crippen molar-refractivity contribution in [2.45, 2.75) is 36.7 Å². The molecule has 2 atom stereocenters. The molecule has 0 amide bonds.